The van der Waals surface area contributed by atoms with E-state index in [4.69, 9.17) is 0 Å². The number of carbonyl (C=O) groups is 1. The molecule has 2 heterocycles. The predicted octanol–water partition coefficient (Wildman–Crippen LogP) is 5.76. The minimum absolute atomic E-state index is 0.177. The van der Waals surface area contributed by atoms with E-state index in [0.717, 1.165) is 37.5 Å². The molecule has 1 aromatic heterocycles. The summed E-state index contributed by atoms with van der Waals surface area (Å²) >= 11 is 1.64. The van der Waals surface area contributed by atoms with Crippen molar-refractivity contribution in [2.45, 2.75) is 13.3 Å². The molecule has 4 heteroatoms. The van der Waals surface area contributed by atoms with Crippen molar-refractivity contribution in [2.75, 3.05) is 31.1 Å². The van der Waals surface area contributed by atoms with Crippen molar-refractivity contribution in [1.29, 1.82) is 0 Å². The summed E-state index contributed by atoms with van der Waals surface area (Å²) in [5, 5.41) is 1.21. The summed E-state index contributed by atoms with van der Waals surface area (Å²) < 4.78 is 1.19. The highest BCUT2D eigenvalue weighted by Gasteiger charge is 2.26. The first-order valence-electron chi connectivity index (χ1n) is 10.8. The molecule has 0 radical (unpaired) electrons. The fourth-order valence-corrected chi connectivity index (χ4v) is 5.50. The van der Waals surface area contributed by atoms with E-state index in [9.17, 15) is 4.79 Å². The molecule has 5 rings (SSSR count). The average Bonchev–Trinajstić information content (AvgIpc) is 3.19. The van der Waals surface area contributed by atoms with E-state index in [1.54, 1.807) is 11.3 Å². The molecule has 1 aliphatic rings. The lowest BCUT2D eigenvalue weighted by molar-refractivity contribution is 0.0751. The molecule has 0 N–H and O–H groups in total. The normalized spacial score (nSPS) is 14.2. The Morgan fingerprint density at radius 3 is 2.26 bits per heavy atom. The van der Waals surface area contributed by atoms with Crippen molar-refractivity contribution in [3.05, 3.63) is 100 Å². The van der Waals surface area contributed by atoms with Gasteiger partial charge in [-0.25, -0.2) is 0 Å². The SMILES string of the molecule is Cc1ccc(Cc2c(C(=O)N3CCN(c4ccccc4)CC3)sc3ccccc23)cc1. The van der Waals surface area contributed by atoms with Crippen LogP contribution in [-0.4, -0.2) is 37.0 Å². The van der Waals surface area contributed by atoms with Gasteiger partial charge in [0.2, 0.25) is 0 Å². The molecule has 0 saturated carbocycles. The smallest absolute Gasteiger partial charge is 0.264 e. The van der Waals surface area contributed by atoms with Crippen LogP contribution >= 0.6 is 11.3 Å². The van der Waals surface area contributed by atoms with Gasteiger partial charge in [-0.3, -0.25) is 4.79 Å². The van der Waals surface area contributed by atoms with Crippen LogP contribution in [-0.2, 0) is 6.42 Å². The zero-order valence-corrected chi connectivity index (χ0v) is 18.6. The van der Waals surface area contributed by atoms with Gasteiger partial charge in [0.15, 0.2) is 0 Å². The lowest BCUT2D eigenvalue weighted by Crippen LogP contribution is -2.48. The minimum Gasteiger partial charge on any atom is -0.368 e. The highest BCUT2D eigenvalue weighted by Crippen LogP contribution is 2.34. The molecule has 1 amide bonds. The van der Waals surface area contributed by atoms with Gasteiger partial charge in [0, 0.05) is 36.6 Å². The molecular weight excluding hydrogens is 400 g/mol. The molecule has 3 aromatic carbocycles. The lowest BCUT2D eigenvalue weighted by Gasteiger charge is -2.36. The van der Waals surface area contributed by atoms with Gasteiger partial charge in [0.25, 0.3) is 5.91 Å². The molecule has 0 unspecified atom stereocenters. The number of aryl methyl sites for hydroxylation is 1. The van der Waals surface area contributed by atoms with Gasteiger partial charge in [-0.15, -0.1) is 11.3 Å². The van der Waals surface area contributed by atoms with Gasteiger partial charge >= 0.3 is 0 Å². The van der Waals surface area contributed by atoms with E-state index in [2.05, 4.69) is 84.6 Å². The third-order valence-electron chi connectivity index (χ3n) is 6.08. The van der Waals surface area contributed by atoms with E-state index in [1.807, 2.05) is 11.0 Å². The quantitative estimate of drug-likeness (QED) is 0.414. The van der Waals surface area contributed by atoms with Crippen LogP contribution in [0.3, 0.4) is 0 Å². The molecule has 31 heavy (non-hydrogen) atoms. The topological polar surface area (TPSA) is 23.6 Å². The molecule has 0 bridgehead atoms. The standard InChI is InChI=1S/C27H26N2OS/c1-20-11-13-21(14-12-20)19-24-23-9-5-6-10-25(23)31-26(24)27(30)29-17-15-28(16-18-29)22-7-3-2-4-8-22/h2-14H,15-19H2,1H3. The Kier molecular flexibility index (Phi) is 5.47. The maximum Gasteiger partial charge on any atom is 0.264 e. The van der Waals surface area contributed by atoms with Crippen molar-refractivity contribution in [2.24, 2.45) is 0 Å². The summed E-state index contributed by atoms with van der Waals surface area (Å²) in [7, 11) is 0. The van der Waals surface area contributed by atoms with E-state index in [0.29, 0.717) is 0 Å². The van der Waals surface area contributed by atoms with Crippen LogP contribution in [0.4, 0.5) is 5.69 Å². The molecule has 1 saturated heterocycles. The maximum absolute atomic E-state index is 13.6. The van der Waals surface area contributed by atoms with Crippen molar-refractivity contribution in [3.63, 3.8) is 0 Å². The number of amides is 1. The molecule has 0 aliphatic carbocycles. The summed E-state index contributed by atoms with van der Waals surface area (Å²) in [6.45, 7) is 5.35. The number of fused-ring (bicyclic) bond motifs is 1. The number of thiophene rings is 1. The van der Waals surface area contributed by atoms with Gasteiger partial charge in [0.1, 0.15) is 0 Å². The number of rotatable bonds is 4. The average molecular weight is 427 g/mol. The van der Waals surface area contributed by atoms with Crippen molar-refractivity contribution < 1.29 is 4.79 Å². The lowest BCUT2D eigenvalue weighted by atomic mass is 10.0. The summed E-state index contributed by atoms with van der Waals surface area (Å²) in [6, 6.07) is 27.5. The monoisotopic (exact) mass is 426 g/mol. The fourth-order valence-electron chi connectivity index (χ4n) is 4.31. The molecule has 0 atom stereocenters. The van der Waals surface area contributed by atoms with E-state index < -0.39 is 0 Å². The van der Waals surface area contributed by atoms with Gasteiger partial charge in [0.05, 0.1) is 4.88 Å². The highest BCUT2D eigenvalue weighted by atomic mass is 32.1. The van der Waals surface area contributed by atoms with E-state index >= 15 is 0 Å². The molecule has 1 aliphatic heterocycles. The van der Waals surface area contributed by atoms with Gasteiger partial charge in [-0.2, -0.15) is 0 Å². The van der Waals surface area contributed by atoms with Crippen LogP contribution in [0.1, 0.15) is 26.4 Å². The Hall–Kier alpha value is -3.11. The second-order valence-electron chi connectivity index (χ2n) is 8.18. The second kappa shape index (κ2) is 8.56. The molecule has 156 valence electrons. The first kappa shape index (κ1) is 19.8. The Morgan fingerprint density at radius 2 is 1.52 bits per heavy atom. The van der Waals surface area contributed by atoms with Gasteiger partial charge in [-0.1, -0.05) is 66.2 Å². The zero-order chi connectivity index (χ0) is 21.2. The van der Waals surface area contributed by atoms with Crippen LogP contribution in [0.2, 0.25) is 0 Å². The van der Waals surface area contributed by atoms with Crippen molar-refractivity contribution >= 4 is 33.0 Å². The highest BCUT2D eigenvalue weighted by molar-refractivity contribution is 7.21. The number of benzene rings is 3. The summed E-state index contributed by atoms with van der Waals surface area (Å²) in [6.07, 6.45) is 0.787. The second-order valence-corrected chi connectivity index (χ2v) is 9.24. The third-order valence-corrected chi connectivity index (χ3v) is 7.28. The van der Waals surface area contributed by atoms with Crippen molar-refractivity contribution in [1.82, 2.24) is 4.90 Å². The number of hydrogen-bond donors (Lipinski definition) is 0. The molecule has 0 spiro atoms. The number of carbonyl (C=O) groups excluding carboxylic acids is 1. The number of para-hydroxylation sites is 1. The summed E-state index contributed by atoms with van der Waals surface area (Å²) in [5.41, 5.74) is 4.90. The predicted molar refractivity (Wildman–Crippen MR) is 130 cm³/mol. The largest absolute Gasteiger partial charge is 0.368 e. The Morgan fingerprint density at radius 1 is 0.839 bits per heavy atom. The minimum atomic E-state index is 0.177. The molecule has 4 aromatic rings. The molecular formula is C27H26N2OS. The Bertz CT molecular complexity index is 1190. The van der Waals surface area contributed by atoms with E-state index in [1.165, 1.54) is 32.5 Å². The summed E-state index contributed by atoms with van der Waals surface area (Å²) in [5.74, 6) is 0.177. The van der Waals surface area contributed by atoms with Crippen LogP contribution < -0.4 is 4.90 Å². The van der Waals surface area contributed by atoms with Crippen LogP contribution in [0, 0.1) is 6.92 Å². The van der Waals surface area contributed by atoms with Crippen LogP contribution in [0.15, 0.2) is 78.9 Å². The number of hydrogen-bond acceptors (Lipinski definition) is 3. The third kappa shape index (κ3) is 4.08. The Labute approximate surface area is 187 Å². The van der Waals surface area contributed by atoms with Gasteiger partial charge in [-0.05, 0) is 48.1 Å². The number of nitrogens with zero attached hydrogens (tertiary/aromatic N) is 2. The number of piperazine rings is 1. The van der Waals surface area contributed by atoms with Crippen molar-refractivity contribution in [3.8, 4) is 0 Å². The Balaban J connectivity index is 1.40. The van der Waals surface area contributed by atoms with Crippen LogP contribution in [0.25, 0.3) is 10.1 Å². The first-order valence-corrected chi connectivity index (χ1v) is 11.7. The molecule has 1 fully saturated rings. The van der Waals surface area contributed by atoms with E-state index in [-0.39, 0.29) is 5.91 Å². The maximum atomic E-state index is 13.6. The summed E-state index contributed by atoms with van der Waals surface area (Å²) in [4.78, 5) is 18.9. The van der Waals surface area contributed by atoms with Crippen LogP contribution in [0.5, 0.6) is 0 Å². The first-order chi connectivity index (χ1) is 15.2. The molecule has 3 nitrogen and oxygen atoms in total. The fraction of sp³-hybridized carbons (Fsp3) is 0.222. The number of anilines is 1. The van der Waals surface area contributed by atoms with Gasteiger partial charge < -0.3 is 9.80 Å². The zero-order valence-electron chi connectivity index (χ0n) is 17.8.